The van der Waals surface area contributed by atoms with Crippen LogP contribution in [0.4, 0.5) is 5.69 Å². The Morgan fingerprint density at radius 2 is 1.72 bits per heavy atom. The number of anilines is 1. The summed E-state index contributed by atoms with van der Waals surface area (Å²) in [6.07, 6.45) is 0.663. The third-order valence-electron chi connectivity index (χ3n) is 4.69. The fourth-order valence-electron chi connectivity index (χ4n) is 3.15. The van der Waals surface area contributed by atoms with Gasteiger partial charge < -0.3 is 4.74 Å². The number of ether oxygens (including phenoxy) is 1. The van der Waals surface area contributed by atoms with Crippen molar-refractivity contribution in [1.29, 1.82) is 0 Å². The maximum absolute atomic E-state index is 12.7. The molecule has 0 atom stereocenters. The molecule has 0 spiro atoms. The minimum Gasteiger partial charge on any atom is -0.473 e. The molecule has 0 aliphatic rings. The molecule has 7 nitrogen and oxygen atoms in total. The number of sulfonamides is 1. The third kappa shape index (κ3) is 4.87. The van der Waals surface area contributed by atoms with Crippen LogP contribution in [0.5, 0.6) is 5.88 Å². The molecule has 3 aromatic carbocycles. The van der Waals surface area contributed by atoms with E-state index in [9.17, 15) is 13.2 Å². The van der Waals surface area contributed by atoms with Crippen molar-refractivity contribution >= 4 is 22.0 Å². The Morgan fingerprint density at radius 1 is 0.969 bits per heavy atom. The number of aldehydes is 1. The summed E-state index contributed by atoms with van der Waals surface area (Å²) in [5, 5.41) is 4.47. The van der Waals surface area contributed by atoms with E-state index in [4.69, 9.17) is 4.74 Å². The quantitative estimate of drug-likeness (QED) is 0.405. The number of hydrogen-bond donors (Lipinski definition) is 1. The van der Waals surface area contributed by atoms with Gasteiger partial charge in [-0.05, 0) is 48.9 Å². The summed E-state index contributed by atoms with van der Waals surface area (Å²) < 4.78 is 35.5. The number of carbonyl (C=O) groups is 1. The second-order valence-corrected chi connectivity index (χ2v) is 8.84. The minimum absolute atomic E-state index is 0.0911. The van der Waals surface area contributed by atoms with E-state index in [0.717, 1.165) is 11.3 Å². The van der Waals surface area contributed by atoms with Gasteiger partial charge in [0.25, 0.3) is 10.0 Å². The first-order valence-corrected chi connectivity index (χ1v) is 11.3. The lowest BCUT2D eigenvalue weighted by Crippen LogP contribution is -2.13. The van der Waals surface area contributed by atoms with Gasteiger partial charge in [0.1, 0.15) is 12.9 Å². The van der Waals surface area contributed by atoms with Crippen LogP contribution in [0.3, 0.4) is 0 Å². The standard InChI is InChI=1S/C24H21N3O4S/c1-18-14-24(31-17-19-6-3-2-4-7-19)27(25-18)22-10-12-23(13-11-22)32(29,30)26-21-9-5-8-20(15-21)16-28/h2-16,26H,17H2,1H3. The van der Waals surface area contributed by atoms with E-state index in [0.29, 0.717) is 35.7 Å². The Hall–Kier alpha value is -3.91. The third-order valence-corrected chi connectivity index (χ3v) is 6.09. The van der Waals surface area contributed by atoms with E-state index in [2.05, 4.69) is 9.82 Å². The van der Waals surface area contributed by atoms with Gasteiger partial charge in [-0.15, -0.1) is 0 Å². The lowest BCUT2D eigenvalue weighted by molar-refractivity contribution is 0.112. The van der Waals surface area contributed by atoms with Gasteiger partial charge >= 0.3 is 0 Å². The molecule has 0 aliphatic carbocycles. The van der Waals surface area contributed by atoms with Crippen LogP contribution in [0.25, 0.3) is 5.69 Å². The Balaban J connectivity index is 1.54. The highest BCUT2D eigenvalue weighted by atomic mass is 32.2. The van der Waals surface area contributed by atoms with E-state index >= 15 is 0 Å². The normalized spacial score (nSPS) is 11.2. The molecular weight excluding hydrogens is 426 g/mol. The molecule has 0 saturated carbocycles. The van der Waals surface area contributed by atoms with Crippen molar-refractivity contribution in [2.75, 3.05) is 4.72 Å². The number of hydrogen-bond acceptors (Lipinski definition) is 5. The van der Waals surface area contributed by atoms with Gasteiger partial charge in [-0.1, -0.05) is 42.5 Å². The molecule has 0 amide bonds. The largest absolute Gasteiger partial charge is 0.473 e. The highest BCUT2D eigenvalue weighted by molar-refractivity contribution is 7.92. The second-order valence-electron chi connectivity index (χ2n) is 7.15. The summed E-state index contributed by atoms with van der Waals surface area (Å²) in [5.41, 5.74) is 3.18. The van der Waals surface area contributed by atoms with E-state index in [-0.39, 0.29) is 4.90 Å². The lowest BCUT2D eigenvalue weighted by atomic mass is 10.2. The fourth-order valence-corrected chi connectivity index (χ4v) is 4.20. The Kier molecular flexibility index (Phi) is 6.04. The van der Waals surface area contributed by atoms with E-state index in [1.807, 2.05) is 43.3 Å². The van der Waals surface area contributed by atoms with Gasteiger partial charge in [-0.25, -0.2) is 13.1 Å². The molecule has 1 aromatic heterocycles. The zero-order valence-electron chi connectivity index (χ0n) is 17.3. The molecule has 0 radical (unpaired) electrons. The molecule has 1 N–H and O–H groups in total. The summed E-state index contributed by atoms with van der Waals surface area (Å²) in [5.74, 6) is 0.561. The molecule has 4 rings (SSSR count). The summed E-state index contributed by atoms with van der Waals surface area (Å²) >= 11 is 0. The van der Waals surface area contributed by atoms with Crippen molar-refractivity contribution in [2.24, 2.45) is 0 Å². The number of carbonyl (C=O) groups excluding carboxylic acids is 1. The Labute approximate surface area is 186 Å². The van der Waals surface area contributed by atoms with Gasteiger partial charge in [0.05, 0.1) is 16.3 Å². The molecule has 0 unspecified atom stereocenters. The number of benzene rings is 3. The minimum atomic E-state index is -3.82. The predicted molar refractivity (Wildman–Crippen MR) is 122 cm³/mol. The number of aryl methyl sites for hydroxylation is 1. The molecule has 0 bridgehead atoms. The van der Waals surface area contributed by atoms with Crippen LogP contribution in [-0.4, -0.2) is 24.5 Å². The van der Waals surface area contributed by atoms with Crippen molar-refractivity contribution in [3.8, 4) is 11.6 Å². The topological polar surface area (TPSA) is 90.3 Å². The van der Waals surface area contributed by atoms with Crippen molar-refractivity contribution in [2.45, 2.75) is 18.4 Å². The van der Waals surface area contributed by atoms with E-state index in [1.54, 1.807) is 35.0 Å². The molecule has 4 aromatic rings. The van der Waals surface area contributed by atoms with Crippen LogP contribution in [0, 0.1) is 6.92 Å². The van der Waals surface area contributed by atoms with Crippen LogP contribution in [0.1, 0.15) is 21.6 Å². The van der Waals surface area contributed by atoms with Gasteiger partial charge in [-0.2, -0.15) is 5.10 Å². The van der Waals surface area contributed by atoms with Gasteiger partial charge in [-0.3, -0.25) is 9.52 Å². The van der Waals surface area contributed by atoms with Crippen molar-refractivity contribution in [1.82, 2.24) is 9.78 Å². The number of nitrogens with zero attached hydrogens (tertiary/aromatic N) is 2. The van der Waals surface area contributed by atoms with E-state index in [1.165, 1.54) is 18.2 Å². The zero-order valence-corrected chi connectivity index (χ0v) is 18.1. The van der Waals surface area contributed by atoms with Crippen molar-refractivity contribution in [3.63, 3.8) is 0 Å². The van der Waals surface area contributed by atoms with Crippen LogP contribution in [-0.2, 0) is 16.6 Å². The van der Waals surface area contributed by atoms with E-state index < -0.39 is 10.0 Å². The van der Waals surface area contributed by atoms with Crippen LogP contribution in [0.2, 0.25) is 0 Å². The number of nitrogens with one attached hydrogen (secondary N) is 1. The summed E-state index contributed by atoms with van der Waals surface area (Å²) in [6.45, 7) is 2.25. The fraction of sp³-hybridized carbons (Fsp3) is 0.0833. The average Bonchev–Trinajstić information content (AvgIpc) is 3.19. The highest BCUT2D eigenvalue weighted by Gasteiger charge is 2.16. The lowest BCUT2D eigenvalue weighted by Gasteiger charge is -2.11. The summed E-state index contributed by atoms with van der Waals surface area (Å²) in [6, 6.07) is 24.2. The molecule has 1 heterocycles. The summed E-state index contributed by atoms with van der Waals surface area (Å²) in [4.78, 5) is 11.0. The smallest absolute Gasteiger partial charge is 0.261 e. The Morgan fingerprint density at radius 3 is 2.44 bits per heavy atom. The first kappa shape index (κ1) is 21.3. The predicted octanol–water partition coefficient (Wildman–Crippen LogP) is 4.37. The maximum atomic E-state index is 12.7. The monoisotopic (exact) mass is 447 g/mol. The van der Waals surface area contributed by atoms with Crippen LogP contribution in [0.15, 0.2) is 89.8 Å². The molecular formula is C24H21N3O4S. The SMILES string of the molecule is Cc1cc(OCc2ccccc2)n(-c2ccc(S(=O)(=O)Nc3cccc(C=O)c3)cc2)n1. The first-order valence-electron chi connectivity index (χ1n) is 9.86. The van der Waals surface area contributed by atoms with Gasteiger partial charge in [0.2, 0.25) is 5.88 Å². The molecule has 8 heteroatoms. The Bertz CT molecular complexity index is 1330. The van der Waals surface area contributed by atoms with Gasteiger partial charge in [0, 0.05) is 17.3 Å². The maximum Gasteiger partial charge on any atom is 0.261 e. The molecule has 32 heavy (non-hydrogen) atoms. The van der Waals surface area contributed by atoms with Crippen LogP contribution >= 0.6 is 0 Å². The zero-order chi connectivity index (χ0) is 22.6. The molecule has 162 valence electrons. The van der Waals surface area contributed by atoms with Gasteiger partial charge in [0.15, 0.2) is 0 Å². The highest BCUT2D eigenvalue weighted by Crippen LogP contribution is 2.23. The summed E-state index contributed by atoms with van der Waals surface area (Å²) in [7, 11) is -3.82. The first-order chi connectivity index (χ1) is 15.4. The van der Waals surface area contributed by atoms with Crippen molar-refractivity contribution in [3.05, 3.63) is 102 Å². The van der Waals surface area contributed by atoms with Crippen molar-refractivity contribution < 1.29 is 17.9 Å². The molecule has 0 saturated heterocycles. The average molecular weight is 448 g/mol. The number of rotatable bonds is 8. The van der Waals surface area contributed by atoms with Crippen LogP contribution < -0.4 is 9.46 Å². The second kappa shape index (κ2) is 9.07. The molecule has 0 aliphatic heterocycles. The number of aromatic nitrogens is 2. The molecule has 0 fully saturated rings.